The number of carbonyl (C=O) groups is 4. The van der Waals surface area contributed by atoms with Gasteiger partial charge in [0.2, 0.25) is 11.8 Å². The van der Waals surface area contributed by atoms with Crippen LogP contribution in [0.1, 0.15) is 42.7 Å². The summed E-state index contributed by atoms with van der Waals surface area (Å²) in [5, 5.41) is 22.1. The molecule has 2 aliphatic heterocycles. The van der Waals surface area contributed by atoms with Gasteiger partial charge in [0.15, 0.2) is 0 Å². The predicted octanol–water partition coefficient (Wildman–Crippen LogP) is 1.91. The number of carboxylic acids is 1. The van der Waals surface area contributed by atoms with Gasteiger partial charge in [-0.15, -0.1) is 0 Å². The molecule has 2 heterocycles. The molecule has 2 fully saturated rings. The molecule has 0 radical (unpaired) electrons. The van der Waals surface area contributed by atoms with Crippen LogP contribution in [0, 0.1) is 0 Å². The van der Waals surface area contributed by atoms with E-state index in [9.17, 15) is 29.4 Å². The molecule has 2 saturated heterocycles. The Kier molecular flexibility index (Phi) is 6.84. The second-order valence-corrected chi connectivity index (χ2v) is 9.58. The average Bonchev–Trinajstić information content (AvgIpc) is 3.62. The molecule has 3 N–H and O–H groups in total. The Hall–Kier alpha value is -3.92. The largest absolute Gasteiger partial charge is 0.480 e. The summed E-state index contributed by atoms with van der Waals surface area (Å²) in [5.41, 5.74) is 4.38. The highest BCUT2D eigenvalue weighted by Crippen LogP contribution is 2.44. The Morgan fingerprint density at radius 3 is 2.22 bits per heavy atom. The average molecular weight is 508 g/mol. The molecule has 10 nitrogen and oxygen atoms in total. The first kappa shape index (κ1) is 24.8. The molecule has 1 aliphatic carbocycles. The van der Waals surface area contributed by atoms with Crippen LogP contribution in [-0.2, 0) is 19.1 Å². The maximum Gasteiger partial charge on any atom is 0.407 e. The third-order valence-electron chi connectivity index (χ3n) is 7.48. The first-order valence-electron chi connectivity index (χ1n) is 12.5. The van der Waals surface area contributed by atoms with Crippen molar-refractivity contribution in [2.75, 3.05) is 19.7 Å². The molecular formula is C27H29N3O7. The minimum absolute atomic E-state index is 0.108. The molecule has 3 atom stereocenters. The maximum atomic E-state index is 13.1. The van der Waals surface area contributed by atoms with E-state index in [1.54, 1.807) is 0 Å². The Bertz CT molecular complexity index is 1190. The fourth-order valence-electron chi connectivity index (χ4n) is 5.73. The number of ether oxygens (including phenoxy) is 1. The lowest BCUT2D eigenvalue weighted by Crippen LogP contribution is -2.54. The van der Waals surface area contributed by atoms with Crippen LogP contribution in [0.3, 0.4) is 0 Å². The Balaban J connectivity index is 1.17. The zero-order valence-electron chi connectivity index (χ0n) is 20.2. The topological polar surface area (TPSA) is 136 Å². The number of alkyl carbamates (subject to hydrolysis) is 1. The molecule has 37 heavy (non-hydrogen) atoms. The van der Waals surface area contributed by atoms with Gasteiger partial charge in [-0.1, -0.05) is 48.5 Å². The van der Waals surface area contributed by atoms with E-state index in [2.05, 4.69) is 5.32 Å². The number of benzene rings is 2. The summed E-state index contributed by atoms with van der Waals surface area (Å²) in [7, 11) is 0. The highest BCUT2D eigenvalue weighted by Gasteiger charge is 2.45. The fourth-order valence-corrected chi connectivity index (χ4v) is 5.73. The van der Waals surface area contributed by atoms with Crippen LogP contribution >= 0.6 is 0 Å². The first-order chi connectivity index (χ1) is 17.9. The standard InChI is InChI=1S/C27H29N3O7/c31-23-12-11-22(26(34)35)30(23)25(33)21-10-5-13-29(21)24(32)14-28-27(36)37-15-20-18-8-3-1-6-16(18)17-7-2-4-9-19(17)20/h1-4,6-9,20-23,31H,5,10-15H2,(H,28,36)(H,34,35). The van der Waals surface area contributed by atoms with Crippen LogP contribution in [0.4, 0.5) is 4.79 Å². The molecule has 3 unspecified atom stereocenters. The fraction of sp³-hybridized carbons (Fsp3) is 0.407. The molecule has 0 saturated carbocycles. The number of amides is 3. The third-order valence-corrected chi connectivity index (χ3v) is 7.48. The van der Waals surface area contributed by atoms with E-state index >= 15 is 0 Å². The second-order valence-electron chi connectivity index (χ2n) is 9.58. The minimum atomic E-state index is -1.19. The van der Waals surface area contributed by atoms with Crippen molar-refractivity contribution in [2.45, 2.75) is 49.9 Å². The molecule has 3 amide bonds. The molecule has 0 bridgehead atoms. The molecule has 2 aromatic rings. The van der Waals surface area contributed by atoms with E-state index < -0.39 is 42.2 Å². The van der Waals surface area contributed by atoms with Crippen molar-refractivity contribution in [3.8, 4) is 11.1 Å². The van der Waals surface area contributed by atoms with E-state index in [4.69, 9.17) is 4.74 Å². The molecule has 10 heteroatoms. The maximum absolute atomic E-state index is 13.1. The molecule has 0 aromatic heterocycles. The Morgan fingerprint density at radius 2 is 1.57 bits per heavy atom. The lowest BCUT2D eigenvalue weighted by molar-refractivity contribution is -0.158. The van der Waals surface area contributed by atoms with Crippen molar-refractivity contribution in [3.05, 3.63) is 59.7 Å². The van der Waals surface area contributed by atoms with Crippen molar-refractivity contribution >= 4 is 23.9 Å². The number of hydrogen-bond acceptors (Lipinski definition) is 6. The lowest BCUT2D eigenvalue weighted by Gasteiger charge is -2.31. The van der Waals surface area contributed by atoms with Crippen LogP contribution in [0.15, 0.2) is 48.5 Å². The van der Waals surface area contributed by atoms with E-state index in [1.165, 1.54) is 4.90 Å². The molecule has 3 aliphatic rings. The van der Waals surface area contributed by atoms with Crippen molar-refractivity contribution < 1.29 is 34.1 Å². The third kappa shape index (κ3) is 4.64. The van der Waals surface area contributed by atoms with Crippen molar-refractivity contribution in [1.82, 2.24) is 15.1 Å². The summed E-state index contributed by atoms with van der Waals surface area (Å²) < 4.78 is 5.47. The number of fused-ring (bicyclic) bond motifs is 3. The molecule has 194 valence electrons. The van der Waals surface area contributed by atoms with E-state index in [1.807, 2.05) is 48.5 Å². The van der Waals surface area contributed by atoms with Crippen LogP contribution in [0.5, 0.6) is 0 Å². The zero-order valence-corrected chi connectivity index (χ0v) is 20.2. The number of carbonyl (C=O) groups excluding carboxylic acids is 3. The number of nitrogens with zero attached hydrogens (tertiary/aromatic N) is 2. The highest BCUT2D eigenvalue weighted by molar-refractivity contribution is 5.92. The highest BCUT2D eigenvalue weighted by atomic mass is 16.5. The van der Waals surface area contributed by atoms with Gasteiger partial charge in [-0.05, 0) is 47.9 Å². The number of aliphatic hydroxyl groups is 1. The van der Waals surface area contributed by atoms with Gasteiger partial charge in [0.05, 0.1) is 0 Å². The number of rotatable bonds is 6. The molecule has 2 aromatic carbocycles. The number of aliphatic carboxylic acids is 1. The molecule has 0 spiro atoms. The van der Waals surface area contributed by atoms with Gasteiger partial charge in [-0.3, -0.25) is 9.59 Å². The quantitative estimate of drug-likeness (QED) is 0.543. The van der Waals surface area contributed by atoms with Crippen molar-refractivity contribution in [2.24, 2.45) is 0 Å². The van der Waals surface area contributed by atoms with Crippen LogP contribution in [-0.4, -0.2) is 81.9 Å². The summed E-state index contributed by atoms with van der Waals surface area (Å²) >= 11 is 0. The monoisotopic (exact) mass is 507 g/mol. The van der Waals surface area contributed by atoms with Gasteiger partial charge in [-0.25, -0.2) is 9.59 Å². The smallest absolute Gasteiger partial charge is 0.407 e. The number of hydrogen-bond donors (Lipinski definition) is 3. The van der Waals surface area contributed by atoms with Crippen molar-refractivity contribution in [3.63, 3.8) is 0 Å². The van der Waals surface area contributed by atoms with Crippen LogP contribution in [0.2, 0.25) is 0 Å². The normalized spacial score (nSPS) is 22.5. The Morgan fingerprint density at radius 1 is 0.919 bits per heavy atom. The van der Waals surface area contributed by atoms with Gasteiger partial charge in [0.1, 0.15) is 31.5 Å². The lowest BCUT2D eigenvalue weighted by atomic mass is 9.98. The summed E-state index contributed by atoms with van der Waals surface area (Å²) in [4.78, 5) is 52.2. The van der Waals surface area contributed by atoms with E-state index in [-0.39, 0.29) is 31.9 Å². The summed E-state index contributed by atoms with van der Waals surface area (Å²) in [6, 6.07) is 14.0. The van der Waals surface area contributed by atoms with Gasteiger partial charge in [0, 0.05) is 12.5 Å². The van der Waals surface area contributed by atoms with Crippen LogP contribution < -0.4 is 5.32 Å². The van der Waals surface area contributed by atoms with Gasteiger partial charge < -0.3 is 30.1 Å². The van der Waals surface area contributed by atoms with Gasteiger partial charge in [0.25, 0.3) is 0 Å². The SMILES string of the molecule is O=C(NCC(=O)N1CCCC1C(=O)N1C(O)CCC1C(=O)O)OCC1c2ccccc2-c2ccccc21. The minimum Gasteiger partial charge on any atom is -0.480 e. The summed E-state index contributed by atoms with van der Waals surface area (Å²) in [6.07, 6.45) is -0.665. The number of carboxylic acid groups (broad SMARTS) is 1. The summed E-state index contributed by atoms with van der Waals surface area (Å²) in [6.45, 7) is 0.0664. The summed E-state index contributed by atoms with van der Waals surface area (Å²) in [5.74, 6) is -2.34. The van der Waals surface area contributed by atoms with Crippen LogP contribution in [0.25, 0.3) is 11.1 Å². The van der Waals surface area contributed by atoms with Gasteiger partial charge >= 0.3 is 12.1 Å². The number of aliphatic hydroxyl groups excluding tert-OH is 1. The number of nitrogens with one attached hydrogen (secondary N) is 1. The van der Waals surface area contributed by atoms with Gasteiger partial charge in [-0.2, -0.15) is 0 Å². The Labute approximate surface area is 213 Å². The molecule has 5 rings (SSSR count). The predicted molar refractivity (Wildman–Crippen MR) is 131 cm³/mol. The molecular weight excluding hydrogens is 478 g/mol. The van der Waals surface area contributed by atoms with E-state index in [0.29, 0.717) is 19.4 Å². The van der Waals surface area contributed by atoms with E-state index in [0.717, 1.165) is 27.2 Å². The zero-order chi connectivity index (χ0) is 26.1. The number of likely N-dealkylation sites (tertiary alicyclic amines) is 2. The second kappa shape index (κ2) is 10.2. The first-order valence-corrected chi connectivity index (χ1v) is 12.5. The van der Waals surface area contributed by atoms with Crippen molar-refractivity contribution in [1.29, 1.82) is 0 Å².